The number of aromatic amines is 1. The molecule has 0 spiro atoms. The van der Waals surface area contributed by atoms with Gasteiger partial charge in [0.05, 0.1) is 0 Å². The molecule has 0 aliphatic carbocycles. The number of H-pyrrole nitrogens is 1. The highest BCUT2D eigenvalue weighted by Crippen LogP contribution is 1.97. The summed E-state index contributed by atoms with van der Waals surface area (Å²) in [5.41, 5.74) is 0.245. The molecule has 0 atom stereocenters. The van der Waals surface area contributed by atoms with E-state index in [1.807, 2.05) is 0 Å². The minimum absolute atomic E-state index is 0. The second-order valence-electron chi connectivity index (χ2n) is 3.11. The van der Waals surface area contributed by atoms with Crippen molar-refractivity contribution in [3.05, 3.63) is 27.9 Å². The molecular weight excluding hydrogens is 216 g/mol. The van der Waals surface area contributed by atoms with Crippen LogP contribution in [0.1, 0.15) is 11.5 Å². The van der Waals surface area contributed by atoms with Crippen molar-refractivity contribution in [3.63, 3.8) is 0 Å². The average Bonchev–Trinajstić information content (AvgIpc) is 2.45. The number of aromatic nitrogens is 4. The standard InChI is InChI=1S/C8H8N4O3.H2O/c1-4-2-6(13)12-8(9-4)10-5(11-12)3-7(14)15;/h2H,3H2,1H3,(H,14,15)(H,9,10,11);1H2. The average molecular weight is 226 g/mol. The number of hydrogen-bond donors (Lipinski definition) is 2. The third-order valence-electron chi connectivity index (χ3n) is 1.82. The Morgan fingerprint density at radius 3 is 2.88 bits per heavy atom. The fourth-order valence-electron chi connectivity index (χ4n) is 1.26. The Hall–Kier alpha value is -2.22. The van der Waals surface area contributed by atoms with Crippen LogP contribution in [0.15, 0.2) is 10.9 Å². The number of aryl methyl sites for hydroxylation is 1. The Bertz CT molecular complexity index is 585. The maximum atomic E-state index is 11.4. The summed E-state index contributed by atoms with van der Waals surface area (Å²) in [6.07, 6.45) is -0.262. The topological polar surface area (TPSA) is 132 Å². The normalized spacial score (nSPS) is 10.1. The molecule has 0 amide bonds. The van der Waals surface area contributed by atoms with Gasteiger partial charge in [-0.15, -0.1) is 0 Å². The van der Waals surface area contributed by atoms with Crippen LogP contribution >= 0.6 is 0 Å². The Morgan fingerprint density at radius 2 is 2.25 bits per heavy atom. The van der Waals surface area contributed by atoms with Crippen LogP contribution in [-0.4, -0.2) is 36.1 Å². The van der Waals surface area contributed by atoms with E-state index >= 15 is 0 Å². The van der Waals surface area contributed by atoms with Gasteiger partial charge in [0.1, 0.15) is 12.2 Å². The van der Waals surface area contributed by atoms with Crippen molar-refractivity contribution in [2.24, 2.45) is 0 Å². The molecular formula is C8H10N4O4. The first-order valence-corrected chi connectivity index (χ1v) is 4.23. The molecule has 0 aliphatic heterocycles. The van der Waals surface area contributed by atoms with Crippen molar-refractivity contribution in [1.29, 1.82) is 0 Å². The highest BCUT2D eigenvalue weighted by atomic mass is 16.4. The summed E-state index contributed by atoms with van der Waals surface area (Å²) in [5.74, 6) is -0.618. The van der Waals surface area contributed by atoms with Crippen molar-refractivity contribution >= 4 is 11.7 Å². The van der Waals surface area contributed by atoms with E-state index in [2.05, 4.69) is 15.1 Å². The van der Waals surface area contributed by atoms with E-state index in [1.54, 1.807) is 6.92 Å². The molecule has 2 rings (SSSR count). The molecule has 0 aromatic carbocycles. The lowest BCUT2D eigenvalue weighted by Crippen LogP contribution is -2.14. The highest BCUT2D eigenvalue weighted by Gasteiger charge is 2.08. The van der Waals surface area contributed by atoms with Crippen LogP contribution < -0.4 is 5.56 Å². The minimum atomic E-state index is -1.01. The van der Waals surface area contributed by atoms with E-state index < -0.39 is 5.97 Å². The fraction of sp³-hybridized carbons (Fsp3) is 0.250. The lowest BCUT2D eigenvalue weighted by molar-refractivity contribution is -0.136. The van der Waals surface area contributed by atoms with Gasteiger partial charge in [-0.2, -0.15) is 9.50 Å². The van der Waals surface area contributed by atoms with E-state index in [0.717, 1.165) is 4.52 Å². The lowest BCUT2D eigenvalue weighted by atomic mass is 10.4. The van der Waals surface area contributed by atoms with Gasteiger partial charge in [-0.25, -0.2) is 4.98 Å². The smallest absolute Gasteiger partial charge is 0.311 e. The predicted molar refractivity (Wildman–Crippen MR) is 53.3 cm³/mol. The zero-order chi connectivity index (χ0) is 11.0. The molecule has 86 valence electrons. The van der Waals surface area contributed by atoms with Crippen molar-refractivity contribution in [1.82, 2.24) is 19.6 Å². The summed E-state index contributed by atoms with van der Waals surface area (Å²) in [6.45, 7) is 1.67. The monoisotopic (exact) mass is 226 g/mol. The third kappa shape index (κ3) is 2.06. The van der Waals surface area contributed by atoms with Crippen LogP contribution in [0.5, 0.6) is 0 Å². The fourth-order valence-corrected chi connectivity index (χ4v) is 1.26. The second kappa shape index (κ2) is 4.11. The van der Waals surface area contributed by atoms with Crippen LogP contribution in [0, 0.1) is 6.92 Å². The molecule has 0 aliphatic rings. The minimum Gasteiger partial charge on any atom is -0.481 e. The molecule has 0 bridgehead atoms. The van der Waals surface area contributed by atoms with E-state index in [4.69, 9.17) is 5.11 Å². The second-order valence-corrected chi connectivity index (χ2v) is 3.11. The van der Waals surface area contributed by atoms with Crippen molar-refractivity contribution < 1.29 is 15.4 Å². The number of carboxylic acid groups (broad SMARTS) is 1. The van der Waals surface area contributed by atoms with Crippen LogP contribution in [0.2, 0.25) is 0 Å². The van der Waals surface area contributed by atoms with E-state index in [1.165, 1.54) is 6.07 Å². The maximum absolute atomic E-state index is 11.4. The number of nitrogens with one attached hydrogen (secondary N) is 1. The van der Waals surface area contributed by atoms with E-state index in [9.17, 15) is 9.59 Å². The zero-order valence-corrected chi connectivity index (χ0v) is 8.39. The van der Waals surface area contributed by atoms with Crippen LogP contribution in [-0.2, 0) is 11.2 Å². The maximum Gasteiger partial charge on any atom is 0.311 e. The van der Waals surface area contributed by atoms with Crippen molar-refractivity contribution in [2.45, 2.75) is 13.3 Å². The summed E-state index contributed by atoms with van der Waals surface area (Å²) in [6, 6.07) is 1.34. The van der Waals surface area contributed by atoms with Gasteiger partial charge in [0.15, 0.2) is 0 Å². The van der Waals surface area contributed by atoms with Gasteiger partial charge in [-0.1, -0.05) is 0 Å². The molecule has 8 heteroatoms. The Kier molecular flexibility index (Phi) is 3.04. The van der Waals surface area contributed by atoms with Gasteiger partial charge < -0.3 is 10.6 Å². The number of rotatable bonds is 2. The van der Waals surface area contributed by atoms with Crippen LogP contribution in [0.4, 0.5) is 0 Å². The first-order chi connectivity index (χ1) is 7.06. The number of carbonyl (C=O) groups is 1. The summed E-state index contributed by atoms with van der Waals surface area (Å²) in [4.78, 5) is 29.7. The Morgan fingerprint density at radius 1 is 1.56 bits per heavy atom. The number of nitrogens with zero attached hydrogens (tertiary/aromatic N) is 3. The van der Waals surface area contributed by atoms with Crippen molar-refractivity contribution in [2.75, 3.05) is 0 Å². The first-order valence-electron chi connectivity index (χ1n) is 4.23. The van der Waals surface area contributed by atoms with Gasteiger partial charge in [-0.3, -0.25) is 14.7 Å². The van der Waals surface area contributed by atoms with Gasteiger partial charge in [0.2, 0.25) is 0 Å². The van der Waals surface area contributed by atoms with Crippen LogP contribution in [0.25, 0.3) is 5.78 Å². The lowest BCUT2D eigenvalue weighted by Gasteiger charge is -1.90. The number of carboxylic acids is 1. The molecule has 0 saturated carbocycles. The van der Waals surface area contributed by atoms with Crippen LogP contribution in [0.3, 0.4) is 0 Å². The molecule has 16 heavy (non-hydrogen) atoms. The Labute approximate surface area is 88.9 Å². The van der Waals surface area contributed by atoms with Gasteiger partial charge >= 0.3 is 5.97 Å². The number of aliphatic carboxylic acids is 1. The summed E-state index contributed by atoms with van der Waals surface area (Å²) >= 11 is 0. The number of hydrogen-bond acceptors (Lipinski definition) is 4. The summed E-state index contributed by atoms with van der Waals surface area (Å²) < 4.78 is 1.12. The summed E-state index contributed by atoms with van der Waals surface area (Å²) in [5, 5.41) is 11.1. The molecule has 0 fully saturated rings. The molecule has 0 unspecified atom stereocenters. The molecule has 4 N–H and O–H groups in total. The quantitative estimate of drug-likeness (QED) is 0.645. The SMILES string of the molecule is Cc1cc(=O)n2[nH]c(CC(=O)O)nc2n1.O. The predicted octanol–water partition coefficient (Wildman–Crippen LogP) is -1.47. The van der Waals surface area contributed by atoms with Gasteiger partial charge in [0.25, 0.3) is 11.3 Å². The molecule has 2 heterocycles. The molecule has 8 nitrogen and oxygen atoms in total. The molecule has 0 saturated heterocycles. The van der Waals surface area contributed by atoms with Gasteiger partial charge in [0, 0.05) is 11.8 Å². The third-order valence-corrected chi connectivity index (χ3v) is 1.82. The summed E-state index contributed by atoms with van der Waals surface area (Å²) in [7, 11) is 0. The highest BCUT2D eigenvalue weighted by molar-refractivity contribution is 5.69. The molecule has 0 radical (unpaired) electrons. The van der Waals surface area contributed by atoms with E-state index in [0.29, 0.717) is 5.69 Å². The number of fused-ring (bicyclic) bond motifs is 1. The van der Waals surface area contributed by atoms with Crippen molar-refractivity contribution in [3.8, 4) is 0 Å². The first kappa shape index (κ1) is 11.9. The zero-order valence-electron chi connectivity index (χ0n) is 8.39. The van der Waals surface area contributed by atoms with Gasteiger partial charge in [-0.05, 0) is 6.92 Å². The Balaban J connectivity index is 0.00000128. The van der Waals surface area contributed by atoms with E-state index in [-0.39, 0.29) is 29.1 Å². The molecule has 2 aromatic heterocycles. The largest absolute Gasteiger partial charge is 0.481 e. The molecule has 2 aromatic rings.